The molecule has 22 atom stereocenters. The molecule has 2 rings (SSSR count). The van der Waals surface area contributed by atoms with Crippen LogP contribution in [0.5, 0.6) is 0 Å². The molecule has 0 aliphatic carbocycles. The summed E-state index contributed by atoms with van der Waals surface area (Å²) in [5.41, 5.74) is 5.52. The Balaban J connectivity index is 2.44. The van der Waals surface area contributed by atoms with Crippen molar-refractivity contribution in [1.82, 2.24) is 4.90 Å². The highest BCUT2D eigenvalue weighted by Crippen LogP contribution is 2.36. The number of nitrogens with zero attached hydrogens (tertiary/aromatic N) is 1. The minimum atomic E-state index is -2.53. The first-order valence-corrected chi connectivity index (χ1v) is 28.9. The molecule has 462 valence electrons. The lowest BCUT2D eigenvalue weighted by atomic mass is 9.81. The zero-order valence-electron chi connectivity index (χ0n) is 48.9. The van der Waals surface area contributed by atoms with Crippen molar-refractivity contribution in [2.45, 2.75) is 237 Å². The van der Waals surface area contributed by atoms with Crippen molar-refractivity contribution >= 4 is 23.9 Å². The minimum Gasteiger partial charge on any atom is -0.481 e. The van der Waals surface area contributed by atoms with Crippen molar-refractivity contribution < 1.29 is 89.9 Å². The van der Waals surface area contributed by atoms with Crippen LogP contribution in [0.4, 0.5) is 0 Å². The van der Waals surface area contributed by atoms with Crippen LogP contribution in [-0.2, 0) is 28.6 Å². The minimum absolute atomic E-state index is 0.0290. The van der Waals surface area contributed by atoms with E-state index >= 15 is 0 Å². The third-order valence-electron chi connectivity index (χ3n) is 16.3. The summed E-state index contributed by atoms with van der Waals surface area (Å²) in [4.78, 5) is 39.5. The first kappa shape index (κ1) is 72.3. The van der Waals surface area contributed by atoms with Crippen molar-refractivity contribution in [3.8, 4) is 0 Å². The molecule has 2 aliphatic heterocycles. The molecular weight excluding hydrogens is 1040 g/mol. The van der Waals surface area contributed by atoms with E-state index in [2.05, 4.69) is 19.1 Å². The Morgan fingerprint density at radius 1 is 0.775 bits per heavy atom. The molecule has 0 amide bonds. The van der Waals surface area contributed by atoms with Crippen LogP contribution in [-0.4, -0.2) is 189 Å². The van der Waals surface area contributed by atoms with Crippen molar-refractivity contribution in [3.63, 3.8) is 0 Å². The smallest absolute Gasteiger partial charge is 0.317 e. The van der Waals surface area contributed by atoms with Crippen LogP contribution in [0.3, 0.4) is 0 Å². The number of carboxylic acids is 1. The number of ether oxygens (including phenoxy) is 3. The maximum atomic E-state index is 13.9. The van der Waals surface area contributed by atoms with Crippen LogP contribution < -0.4 is 5.73 Å². The van der Waals surface area contributed by atoms with Crippen molar-refractivity contribution in [3.05, 3.63) is 48.6 Å². The zero-order chi connectivity index (χ0) is 60.6. The lowest BCUT2D eigenvalue weighted by Crippen LogP contribution is -2.59. The van der Waals surface area contributed by atoms with Crippen LogP contribution in [0.2, 0.25) is 0 Å². The molecular formula is C59H103N3O18. The average Bonchev–Trinajstić information content (AvgIpc) is 3.37. The van der Waals surface area contributed by atoms with Crippen LogP contribution in [0.15, 0.2) is 48.6 Å². The molecule has 0 radical (unpaired) electrons. The highest BCUT2D eigenvalue weighted by Gasteiger charge is 2.50. The first-order valence-electron chi connectivity index (χ1n) is 28.9. The summed E-state index contributed by atoms with van der Waals surface area (Å²) in [6.45, 7) is 14.8. The van der Waals surface area contributed by atoms with Gasteiger partial charge in [0.15, 0.2) is 11.7 Å². The van der Waals surface area contributed by atoms with Crippen LogP contribution >= 0.6 is 0 Å². The molecule has 1 saturated heterocycles. The van der Waals surface area contributed by atoms with Gasteiger partial charge in [0, 0.05) is 68.9 Å². The summed E-state index contributed by atoms with van der Waals surface area (Å²) in [6.07, 6.45) is -0.251. The number of esters is 2. The molecule has 21 nitrogen and oxygen atoms in total. The topological polar surface area (TPSA) is 375 Å². The molecule has 80 heavy (non-hydrogen) atoms. The average molecular weight is 1140 g/mol. The Morgan fingerprint density at radius 3 is 2.05 bits per heavy atom. The second-order valence-corrected chi connectivity index (χ2v) is 23.6. The van der Waals surface area contributed by atoms with Crippen LogP contribution in [0.25, 0.3) is 0 Å². The number of allylic oxidation sites excluding steroid dienone is 4. The molecule has 21 heteroatoms. The number of aliphatic hydroxyl groups excluding tert-OH is 10. The maximum Gasteiger partial charge on any atom is 0.317 e. The van der Waals surface area contributed by atoms with Gasteiger partial charge in [-0.2, -0.15) is 0 Å². The van der Waals surface area contributed by atoms with Crippen LogP contribution in [0.1, 0.15) is 152 Å². The predicted molar refractivity (Wildman–Crippen MR) is 301 cm³/mol. The van der Waals surface area contributed by atoms with E-state index in [1.54, 1.807) is 64.8 Å². The maximum absolute atomic E-state index is 13.9. The normalized spacial score (nSPS) is 37.5. The molecule has 2 heterocycles. The second-order valence-electron chi connectivity index (χ2n) is 23.6. The highest BCUT2D eigenvalue weighted by molar-refractivity contribution is 5.90. The largest absolute Gasteiger partial charge is 0.481 e. The molecule has 0 saturated carbocycles. The number of nitrogens with one attached hydrogen (secondary N) is 1. The molecule has 1 fully saturated rings. The van der Waals surface area contributed by atoms with E-state index in [-0.39, 0.29) is 68.7 Å². The van der Waals surface area contributed by atoms with Crippen molar-refractivity contribution in [1.29, 1.82) is 5.41 Å². The van der Waals surface area contributed by atoms with Gasteiger partial charge >= 0.3 is 17.9 Å². The van der Waals surface area contributed by atoms with Gasteiger partial charge in [-0.3, -0.25) is 19.8 Å². The van der Waals surface area contributed by atoms with E-state index in [0.29, 0.717) is 6.54 Å². The number of carbonyl (C=O) groups is 3. The number of hydrogen-bond donors (Lipinski definition) is 14. The number of aliphatic carboxylic acids is 1. The van der Waals surface area contributed by atoms with Gasteiger partial charge in [0.05, 0.1) is 67.0 Å². The SMILES string of the molecule is CC(CCCC=CCCCN(C)C(=N)N)CC(C)C1OC(=O)C(C)C(O)C=CC(C)C(O)C(C)C(O)C(C)C(O)CCCC(O)CC2(O)OC(CC(OC(=O)CC(=O)O)CC(O)CC(O)C(C)C(O)C=CC=CC1C)CC(O)C2O. The van der Waals surface area contributed by atoms with E-state index < -0.39 is 145 Å². The summed E-state index contributed by atoms with van der Waals surface area (Å²) >= 11 is 0. The molecule has 2 aliphatic rings. The number of cyclic esters (lactones) is 1. The molecule has 0 aromatic heterocycles. The summed E-state index contributed by atoms with van der Waals surface area (Å²) in [5.74, 6) is -10.00. The third kappa shape index (κ3) is 25.3. The first-order chi connectivity index (χ1) is 37.4. The van der Waals surface area contributed by atoms with Crippen LogP contribution in [0, 0.1) is 52.8 Å². The number of fused-ring (bicyclic) bond motifs is 2. The fraction of sp³-hybridized carbons (Fsp3) is 0.797. The van der Waals surface area contributed by atoms with Crippen molar-refractivity contribution in [2.75, 3.05) is 13.6 Å². The van der Waals surface area contributed by atoms with E-state index in [4.69, 9.17) is 25.4 Å². The molecule has 0 aromatic rings. The van der Waals surface area contributed by atoms with E-state index in [9.17, 15) is 75.7 Å². The second kappa shape index (κ2) is 36.0. The number of guanidine groups is 1. The van der Waals surface area contributed by atoms with Gasteiger partial charge in [-0.25, -0.2) is 0 Å². The predicted octanol–water partition coefficient (Wildman–Crippen LogP) is 3.59. The van der Waals surface area contributed by atoms with E-state index in [0.717, 1.165) is 38.5 Å². The summed E-state index contributed by atoms with van der Waals surface area (Å²) in [7, 11) is 1.79. The fourth-order valence-electron chi connectivity index (χ4n) is 10.7. The third-order valence-corrected chi connectivity index (χ3v) is 16.3. The molecule has 22 unspecified atom stereocenters. The number of carbonyl (C=O) groups excluding carboxylic acids is 2. The zero-order valence-corrected chi connectivity index (χ0v) is 48.9. The Bertz CT molecular complexity index is 1960. The number of nitrogens with two attached hydrogens (primary N) is 1. The van der Waals surface area contributed by atoms with Gasteiger partial charge in [-0.1, -0.05) is 103 Å². The van der Waals surface area contributed by atoms with Gasteiger partial charge in [-0.15, -0.1) is 0 Å². The molecule has 0 spiro atoms. The quantitative estimate of drug-likeness (QED) is 0.0295. The van der Waals surface area contributed by atoms with Gasteiger partial charge in [0.1, 0.15) is 24.7 Å². The lowest BCUT2D eigenvalue weighted by Gasteiger charge is -2.45. The standard InChI is InChI=1S/C59H103N3O18/c1-34(19-14-12-10-11-13-17-26-62(9)58(60)61)27-37(4)55-36(3)20-15-16-22-46(65)38(5)49(68)29-43(64)28-44(78-52(72)32-51(70)71)30-45-31-50(69)56(75)59(77,80-45)33-42(63)21-18-23-47(66)39(6)54(74)41(8)53(73)35(2)24-25-48(67)40(7)57(76)79-55/h10-11,15-16,20,22,24-25,34-50,53-56,63-69,73-75,77H,12-14,17-19,21,23,26-33H2,1-9H3,(H3,60,61)(H,70,71). The molecule has 15 N–H and O–H groups in total. The van der Waals surface area contributed by atoms with E-state index in [1.807, 2.05) is 19.9 Å². The summed E-state index contributed by atoms with van der Waals surface area (Å²) in [6, 6.07) is 0. The Labute approximate surface area is 474 Å². The van der Waals surface area contributed by atoms with Gasteiger partial charge in [0.25, 0.3) is 0 Å². The van der Waals surface area contributed by atoms with E-state index in [1.165, 1.54) is 12.2 Å². The Hall–Kier alpha value is -3.84. The Morgan fingerprint density at radius 2 is 1.41 bits per heavy atom. The number of rotatable bonds is 14. The lowest BCUT2D eigenvalue weighted by molar-refractivity contribution is -0.332. The number of aliphatic hydroxyl groups is 11. The number of unbranched alkanes of at least 4 members (excludes halogenated alkanes) is 2. The van der Waals surface area contributed by atoms with Gasteiger partial charge < -0.3 is 86.1 Å². The number of hydrogen-bond acceptors (Lipinski definition) is 18. The fourth-order valence-corrected chi connectivity index (χ4v) is 10.7. The summed E-state index contributed by atoms with van der Waals surface area (Å²) in [5, 5.41) is 140. The molecule has 2 bridgehead atoms. The monoisotopic (exact) mass is 1140 g/mol. The molecule has 0 aromatic carbocycles. The number of carboxylic acid groups (broad SMARTS) is 1. The van der Waals surface area contributed by atoms with Gasteiger partial charge in [-0.05, 0) is 76.5 Å². The summed E-state index contributed by atoms with van der Waals surface area (Å²) < 4.78 is 17.5. The Kier molecular flexibility index (Phi) is 32.5. The van der Waals surface area contributed by atoms with Crippen molar-refractivity contribution in [2.24, 2.45) is 53.1 Å². The van der Waals surface area contributed by atoms with Gasteiger partial charge in [0.2, 0.25) is 0 Å². The highest BCUT2D eigenvalue weighted by atomic mass is 16.7.